The van der Waals surface area contributed by atoms with E-state index in [0.717, 1.165) is 37.3 Å². The molecule has 2 bridgehead atoms. The van der Waals surface area contributed by atoms with Crippen LogP contribution in [0.1, 0.15) is 50.7 Å². The van der Waals surface area contributed by atoms with Crippen molar-refractivity contribution >= 4 is 34.3 Å². The van der Waals surface area contributed by atoms with Crippen molar-refractivity contribution in [3.8, 4) is 11.4 Å². The van der Waals surface area contributed by atoms with Crippen LogP contribution in [0.3, 0.4) is 0 Å². The fourth-order valence-corrected chi connectivity index (χ4v) is 7.06. The van der Waals surface area contributed by atoms with Crippen molar-refractivity contribution < 1.29 is 9.53 Å². The Bertz CT molecular complexity index is 1900. The number of aromatic nitrogens is 4. The van der Waals surface area contributed by atoms with Crippen LogP contribution in [0, 0.1) is 0 Å². The SMILES string of the molecule is CN1Cc2cc(Nc3ncc4c(=O)n5n(c4n3)-c3ccc4c(c3)N(CCC/C=C\C5)C(=O)C(C)(C)O4)ccc2C2(CC2)C1. The van der Waals surface area contributed by atoms with E-state index in [1.807, 2.05) is 33.9 Å². The summed E-state index contributed by atoms with van der Waals surface area (Å²) >= 11 is 0. The predicted octanol–water partition coefficient (Wildman–Crippen LogP) is 4.66. The summed E-state index contributed by atoms with van der Waals surface area (Å²) in [5.74, 6) is 0.986. The number of nitrogens with one attached hydrogen (secondary N) is 1. The molecule has 1 spiro atoms. The monoisotopic (exact) mass is 577 g/mol. The molecule has 10 nitrogen and oxygen atoms in total. The van der Waals surface area contributed by atoms with Gasteiger partial charge in [-0.2, -0.15) is 4.98 Å². The average molecular weight is 578 g/mol. The van der Waals surface area contributed by atoms with Crippen LogP contribution in [0.2, 0.25) is 0 Å². The van der Waals surface area contributed by atoms with Crippen LogP contribution in [0.15, 0.2) is 59.5 Å². The van der Waals surface area contributed by atoms with Crippen molar-refractivity contribution in [2.24, 2.45) is 0 Å². The number of benzene rings is 2. The van der Waals surface area contributed by atoms with E-state index in [9.17, 15) is 9.59 Å². The zero-order valence-electron chi connectivity index (χ0n) is 24.8. The van der Waals surface area contributed by atoms with Gasteiger partial charge in [-0.3, -0.25) is 9.59 Å². The number of likely N-dealkylation sites (N-methyl/N-ethyl adjacent to an activating group) is 1. The third-order valence-corrected chi connectivity index (χ3v) is 9.28. The van der Waals surface area contributed by atoms with Crippen LogP contribution in [0.4, 0.5) is 17.3 Å². The van der Waals surface area contributed by atoms with E-state index in [4.69, 9.17) is 9.72 Å². The van der Waals surface area contributed by atoms with Crippen LogP contribution in [0.5, 0.6) is 5.75 Å². The minimum Gasteiger partial charge on any atom is -0.476 e. The summed E-state index contributed by atoms with van der Waals surface area (Å²) in [4.78, 5) is 40.7. The van der Waals surface area contributed by atoms with E-state index >= 15 is 0 Å². The van der Waals surface area contributed by atoms with Crippen molar-refractivity contribution in [2.45, 2.75) is 63.6 Å². The Labute approximate surface area is 249 Å². The van der Waals surface area contributed by atoms with E-state index in [1.165, 1.54) is 24.0 Å². The van der Waals surface area contributed by atoms with Crippen LogP contribution < -0.4 is 20.5 Å². The summed E-state index contributed by atoms with van der Waals surface area (Å²) in [7, 11) is 2.19. The first-order chi connectivity index (χ1) is 20.7. The summed E-state index contributed by atoms with van der Waals surface area (Å²) in [5.41, 5.74) is 4.84. The zero-order chi connectivity index (χ0) is 29.5. The lowest BCUT2D eigenvalue weighted by molar-refractivity contribution is -0.132. The van der Waals surface area contributed by atoms with Crippen molar-refractivity contribution in [3.63, 3.8) is 0 Å². The van der Waals surface area contributed by atoms with Crippen molar-refractivity contribution in [1.82, 2.24) is 24.2 Å². The Kier molecular flexibility index (Phi) is 5.65. The number of hydrogen-bond acceptors (Lipinski definition) is 7. The van der Waals surface area contributed by atoms with Gasteiger partial charge in [-0.25, -0.2) is 14.3 Å². The van der Waals surface area contributed by atoms with Gasteiger partial charge in [-0.15, -0.1) is 0 Å². The molecule has 1 aliphatic carbocycles. The Balaban J connectivity index is 1.23. The molecule has 1 fully saturated rings. The molecule has 0 unspecified atom stereocenters. The second-order valence-corrected chi connectivity index (χ2v) is 12.9. The first-order valence-corrected chi connectivity index (χ1v) is 15.1. The number of carbonyl (C=O) groups excluding carboxylic acids is 1. The maximum absolute atomic E-state index is 13.7. The Morgan fingerprint density at radius 1 is 1.05 bits per heavy atom. The topological polar surface area (TPSA) is 97.5 Å². The molecular weight excluding hydrogens is 542 g/mol. The molecule has 1 saturated carbocycles. The maximum Gasteiger partial charge on any atom is 0.278 e. The molecular formula is C33H35N7O3. The Hall–Kier alpha value is -4.44. The Morgan fingerprint density at radius 3 is 2.74 bits per heavy atom. The highest BCUT2D eigenvalue weighted by Crippen LogP contribution is 2.52. The quantitative estimate of drug-likeness (QED) is 0.346. The highest BCUT2D eigenvalue weighted by molar-refractivity contribution is 6.02. The molecule has 4 aliphatic rings. The molecule has 220 valence electrons. The summed E-state index contributed by atoms with van der Waals surface area (Å²) in [6.45, 7) is 6.61. The zero-order valence-corrected chi connectivity index (χ0v) is 24.8. The fourth-order valence-electron chi connectivity index (χ4n) is 7.06. The van der Waals surface area contributed by atoms with E-state index in [1.54, 1.807) is 24.7 Å². The number of ether oxygens (including phenoxy) is 1. The van der Waals surface area contributed by atoms with E-state index in [-0.39, 0.29) is 11.5 Å². The van der Waals surface area contributed by atoms with Gasteiger partial charge >= 0.3 is 0 Å². The second-order valence-electron chi connectivity index (χ2n) is 12.9. The van der Waals surface area contributed by atoms with Gasteiger partial charge in [-0.05, 0) is 88.0 Å². The highest BCUT2D eigenvalue weighted by atomic mass is 16.5. The van der Waals surface area contributed by atoms with Gasteiger partial charge in [-0.1, -0.05) is 18.2 Å². The van der Waals surface area contributed by atoms with Crippen LogP contribution in [-0.4, -0.2) is 55.9 Å². The van der Waals surface area contributed by atoms with Crippen LogP contribution >= 0.6 is 0 Å². The third kappa shape index (κ3) is 4.18. The van der Waals surface area contributed by atoms with E-state index in [2.05, 4.69) is 46.5 Å². The van der Waals surface area contributed by atoms with Crippen LogP contribution in [0.25, 0.3) is 16.7 Å². The van der Waals surface area contributed by atoms with Gasteiger partial charge in [0.15, 0.2) is 11.2 Å². The lowest BCUT2D eigenvalue weighted by atomic mass is 9.87. The van der Waals surface area contributed by atoms with Gasteiger partial charge in [0, 0.05) is 36.9 Å². The van der Waals surface area contributed by atoms with Crippen molar-refractivity contribution in [2.75, 3.05) is 30.4 Å². The molecule has 10 heteroatoms. The summed E-state index contributed by atoms with van der Waals surface area (Å²) < 4.78 is 9.63. The van der Waals surface area contributed by atoms with Crippen LogP contribution in [-0.2, 0) is 23.3 Å². The number of rotatable bonds is 2. The van der Waals surface area contributed by atoms with Gasteiger partial charge in [0.2, 0.25) is 5.95 Å². The maximum atomic E-state index is 13.7. The lowest BCUT2D eigenvalue weighted by Crippen LogP contribution is -2.52. The van der Waals surface area contributed by atoms with Gasteiger partial charge in [0.25, 0.3) is 11.5 Å². The number of nitrogens with zero attached hydrogens (tertiary/aromatic N) is 6. The van der Waals surface area contributed by atoms with Gasteiger partial charge in [0.05, 0.1) is 17.9 Å². The third-order valence-electron chi connectivity index (χ3n) is 9.28. The summed E-state index contributed by atoms with van der Waals surface area (Å²) in [5, 5.41) is 3.83. The molecule has 43 heavy (non-hydrogen) atoms. The Morgan fingerprint density at radius 2 is 1.91 bits per heavy atom. The largest absolute Gasteiger partial charge is 0.476 e. The number of anilines is 3. The molecule has 1 N–H and O–H groups in total. The lowest BCUT2D eigenvalue weighted by Gasteiger charge is -2.39. The molecule has 3 aliphatic heterocycles. The average Bonchev–Trinajstić information content (AvgIpc) is 3.67. The van der Waals surface area contributed by atoms with Gasteiger partial charge < -0.3 is 19.9 Å². The normalized spacial score (nSPS) is 20.9. The first kappa shape index (κ1) is 26.2. The molecule has 0 radical (unpaired) electrons. The number of carbonyl (C=O) groups is 1. The summed E-state index contributed by atoms with van der Waals surface area (Å²) in [6, 6.07) is 12.3. The molecule has 0 saturated heterocycles. The molecule has 1 amide bonds. The number of amides is 1. The first-order valence-electron chi connectivity index (χ1n) is 15.1. The summed E-state index contributed by atoms with van der Waals surface area (Å²) in [6.07, 6.45) is 9.77. The predicted molar refractivity (Wildman–Crippen MR) is 166 cm³/mol. The van der Waals surface area contributed by atoms with Gasteiger partial charge in [0.1, 0.15) is 11.1 Å². The molecule has 5 heterocycles. The molecule has 4 aromatic rings. The number of hydrogen-bond donors (Lipinski definition) is 1. The molecule has 8 rings (SSSR count). The number of fused-ring (bicyclic) bond motifs is 7. The van der Waals surface area contributed by atoms with Crippen molar-refractivity contribution in [3.05, 3.63) is 76.2 Å². The molecule has 2 aromatic heterocycles. The second kappa shape index (κ2) is 9.28. The highest BCUT2D eigenvalue weighted by Gasteiger charge is 2.48. The smallest absolute Gasteiger partial charge is 0.278 e. The standard InChI is InChI=1S/C33H35N7O3/c1-32(2)30(42)38-14-6-4-5-7-15-39-29(41)24-18-34-31(36-28(24)40(39)23-9-11-27(43-32)26(38)17-23)35-22-8-10-25-21(16-22)19-37(3)20-33(25)12-13-33/h5,7-11,16-18H,4,6,12-15,19-20H2,1-3H3,(H,34,35,36)/b7-5-. The fraction of sp³-hybridized carbons (Fsp3) is 0.394. The molecule has 2 aromatic carbocycles. The minimum atomic E-state index is -0.956. The number of allylic oxidation sites excluding steroid dienone is 2. The van der Waals surface area contributed by atoms with E-state index in [0.29, 0.717) is 46.9 Å². The van der Waals surface area contributed by atoms with E-state index < -0.39 is 5.60 Å². The van der Waals surface area contributed by atoms with Crippen molar-refractivity contribution in [1.29, 1.82) is 0 Å². The minimum absolute atomic E-state index is 0.0781. The molecule has 0 atom stereocenters.